The van der Waals surface area contributed by atoms with Gasteiger partial charge in [0.2, 0.25) is 0 Å². The number of carboxylic acids is 1. The summed E-state index contributed by atoms with van der Waals surface area (Å²) >= 11 is 0. The zero-order chi connectivity index (χ0) is 11.2. The molecule has 0 aromatic rings. The molecule has 8 heteroatoms. The zero-order valence-electron chi connectivity index (χ0n) is 6.78. The molecule has 0 aromatic carbocycles. The van der Waals surface area contributed by atoms with Gasteiger partial charge in [0.25, 0.3) is 0 Å². The molecule has 78 valence electrons. The summed E-state index contributed by atoms with van der Waals surface area (Å²) in [6.07, 6.45) is -0.951. The predicted octanol–water partition coefficient (Wildman–Crippen LogP) is -0.921. The van der Waals surface area contributed by atoms with Crippen LogP contribution in [0.3, 0.4) is 0 Å². The highest BCUT2D eigenvalue weighted by atomic mass is 31.2. The summed E-state index contributed by atoms with van der Waals surface area (Å²) in [6.45, 7) is 4.46. The highest BCUT2D eigenvalue weighted by molar-refractivity contribution is 7.45. The number of aliphatic hydroxyl groups is 1. The van der Waals surface area contributed by atoms with Crippen molar-refractivity contribution in [3.8, 4) is 0 Å². The lowest BCUT2D eigenvalue weighted by Crippen LogP contribution is -2.11. The number of carboxylic acid groups (broad SMARTS) is 1. The molecular formula is C5H11O7P. The summed E-state index contributed by atoms with van der Waals surface area (Å²) in [7, 11) is -4.64. The summed E-state index contributed by atoms with van der Waals surface area (Å²) in [6, 6.07) is 0. The van der Waals surface area contributed by atoms with E-state index in [4.69, 9.17) is 29.5 Å². The lowest BCUT2D eigenvalue weighted by molar-refractivity contribution is -0.133. The van der Waals surface area contributed by atoms with Gasteiger partial charge in [-0.25, -0.2) is 9.36 Å². The van der Waals surface area contributed by atoms with E-state index in [-0.39, 0.29) is 5.57 Å². The Labute approximate surface area is 74.2 Å². The standard InChI is InChI=1S/C5H8O3.H3O4P/c1-3(4(2)6)5(7)8;1-5(2,3)4/h4,6H,1H2,2H3,(H,7,8);(H3,1,2,3,4). The Balaban J connectivity index is 0. The van der Waals surface area contributed by atoms with Crippen LogP contribution in [0.4, 0.5) is 0 Å². The van der Waals surface area contributed by atoms with Crippen molar-refractivity contribution in [2.75, 3.05) is 0 Å². The largest absolute Gasteiger partial charge is 0.478 e. The third kappa shape index (κ3) is 18.3. The minimum absolute atomic E-state index is 0.176. The van der Waals surface area contributed by atoms with Crippen LogP contribution in [0, 0.1) is 0 Å². The lowest BCUT2D eigenvalue weighted by Gasteiger charge is -1.99. The monoisotopic (exact) mass is 214 g/mol. The second kappa shape index (κ2) is 5.85. The summed E-state index contributed by atoms with van der Waals surface area (Å²) < 4.78 is 8.88. The second-order valence-corrected chi connectivity index (χ2v) is 3.05. The molecule has 0 amide bonds. The Kier molecular flexibility index (Phi) is 6.65. The van der Waals surface area contributed by atoms with E-state index in [1.165, 1.54) is 6.92 Å². The molecular weight excluding hydrogens is 203 g/mol. The van der Waals surface area contributed by atoms with Crippen LogP contribution in [-0.4, -0.2) is 37.0 Å². The van der Waals surface area contributed by atoms with Crippen LogP contribution in [0.1, 0.15) is 6.92 Å². The predicted molar refractivity (Wildman–Crippen MR) is 42.7 cm³/mol. The summed E-state index contributed by atoms with van der Waals surface area (Å²) in [5.41, 5.74) is -0.176. The fourth-order valence-electron chi connectivity index (χ4n) is 0.179. The molecule has 0 aliphatic heterocycles. The van der Waals surface area contributed by atoms with E-state index in [9.17, 15) is 4.79 Å². The fraction of sp³-hybridized carbons (Fsp3) is 0.400. The third-order valence-corrected chi connectivity index (χ3v) is 0.779. The van der Waals surface area contributed by atoms with E-state index in [0.717, 1.165) is 0 Å². The molecule has 1 unspecified atom stereocenters. The van der Waals surface area contributed by atoms with Gasteiger partial charge in [0, 0.05) is 0 Å². The van der Waals surface area contributed by atoms with Gasteiger partial charge in [-0.05, 0) is 6.92 Å². The normalized spacial score (nSPS) is 12.4. The first-order valence-electron chi connectivity index (χ1n) is 2.94. The molecule has 1 atom stereocenters. The molecule has 0 fully saturated rings. The molecule has 0 radical (unpaired) electrons. The van der Waals surface area contributed by atoms with Gasteiger partial charge in [0.1, 0.15) is 0 Å². The highest BCUT2D eigenvalue weighted by Crippen LogP contribution is 2.25. The van der Waals surface area contributed by atoms with Gasteiger partial charge in [-0.15, -0.1) is 0 Å². The molecule has 0 spiro atoms. The Bertz CT molecular complexity index is 219. The van der Waals surface area contributed by atoms with E-state index in [1.807, 2.05) is 0 Å². The molecule has 0 aliphatic rings. The van der Waals surface area contributed by atoms with Crippen molar-refractivity contribution in [2.24, 2.45) is 0 Å². The first kappa shape index (κ1) is 14.8. The van der Waals surface area contributed by atoms with E-state index in [2.05, 4.69) is 6.58 Å². The number of hydrogen-bond acceptors (Lipinski definition) is 3. The number of aliphatic hydroxyl groups excluding tert-OH is 1. The minimum Gasteiger partial charge on any atom is -0.478 e. The smallest absolute Gasteiger partial charge is 0.466 e. The van der Waals surface area contributed by atoms with Gasteiger partial charge in [-0.1, -0.05) is 6.58 Å². The molecule has 0 aliphatic carbocycles. The molecule has 7 nitrogen and oxygen atoms in total. The van der Waals surface area contributed by atoms with Crippen molar-refractivity contribution in [1.82, 2.24) is 0 Å². The summed E-state index contributed by atoms with van der Waals surface area (Å²) in [5.74, 6) is -1.15. The van der Waals surface area contributed by atoms with Crippen molar-refractivity contribution in [3.05, 3.63) is 12.2 Å². The SMILES string of the molecule is C=C(C(=O)O)C(C)O.O=P(O)(O)O. The number of hydrogen-bond donors (Lipinski definition) is 5. The van der Waals surface area contributed by atoms with Crippen molar-refractivity contribution in [1.29, 1.82) is 0 Å². The number of aliphatic carboxylic acids is 1. The third-order valence-electron chi connectivity index (χ3n) is 0.779. The number of phosphoric acid groups is 1. The Hall–Kier alpha value is -0.720. The van der Waals surface area contributed by atoms with Crippen LogP contribution in [0.25, 0.3) is 0 Å². The number of carbonyl (C=O) groups is 1. The molecule has 0 rings (SSSR count). The van der Waals surface area contributed by atoms with Gasteiger partial charge in [0.15, 0.2) is 0 Å². The minimum atomic E-state index is -4.64. The average molecular weight is 214 g/mol. The molecule has 0 bridgehead atoms. The Morgan fingerprint density at radius 1 is 1.38 bits per heavy atom. The topological polar surface area (TPSA) is 135 Å². The molecule has 0 saturated heterocycles. The fourth-order valence-corrected chi connectivity index (χ4v) is 0.179. The molecule has 13 heavy (non-hydrogen) atoms. The van der Waals surface area contributed by atoms with Crippen LogP contribution in [-0.2, 0) is 9.36 Å². The van der Waals surface area contributed by atoms with Crippen LogP contribution >= 0.6 is 7.82 Å². The van der Waals surface area contributed by atoms with Gasteiger partial charge < -0.3 is 24.9 Å². The van der Waals surface area contributed by atoms with Crippen LogP contribution in [0.15, 0.2) is 12.2 Å². The maximum Gasteiger partial charge on any atom is 0.466 e. The van der Waals surface area contributed by atoms with E-state index >= 15 is 0 Å². The lowest BCUT2D eigenvalue weighted by atomic mass is 10.2. The van der Waals surface area contributed by atoms with Gasteiger partial charge in [0.05, 0.1) is 11.7 Å². The van der Waals surface area contributed by atoms with Crippen molar-refractivity contribution in [3.63, 3.8) is 0 Å². The van der Waals surface area contributed by atoms with Crippen molar-refractivity contribution in [2.45, 2.75) is 13.0 Å². The van der Waals surface area contributed by atoms with Gasteiger partial charge >= 0.3 is 13.8 Å². The van der Waals surface area contributed by atoms with Gasteiger partial charge in [-0.3, -0.25) is 0 Å². The Morgan fingerprint density at radius 3 is 1.62 bits per heavy atom. The van der Waals surface area contributed by atoms with Gasteiger partial charge in [-0.2, -0.15) is 0 Å². The second-order valence-electron chi connectivity index (χ2n) is 2.02. The molecule has 0 heterocycles. The molecule has 5 N–H and O–H groups in total. The summed E-state index contributed by atoms with van der Waals surface area (Å²) in [4.78, 5) is 31.4. The maximum absolute atomic E-state index is 9.88. The van der Waals surface area contributed by atoms with E-state index in [0.29, 0.717) is 0 Å². The highest BCUT2D eigenvalue weighted by Gasteiger charge is 2.08. The van der Waals surface area contributed by atoms with Crippen molar-refractivity contribution >= 4 is 13.8 Å². The maximum atomic E-state index is 9.88. The van der Waals surface area contributed by atoms with E-state index in [1.54, 1.807) is 0 Å². The summed E-state index contributed by atoms with van der Waals surface area (Å²) in [5, 5.41) is 16.6. The Morgan fingerprint density at radius 2 is 1.62 bits per heavy atom. The average Bonchev–Trinajstić information content (AvgIpc) is 1.81. The van der Waals surface area contributed by atoms with Crippen LogP contribution in [0.2, 0.25) is 0 Å². The van der Waals surface area contributed by atoms with Crippen LogP contribution < -0.4 is 0 Å². The van der Waals surface area contributed by atoms with Crippen molar-refractivity contribution < 1.29 is 34.3 Å². The van der Waals surface area contributed by atoms with Crippen LogP contribution in [0.5, 0.6) is 0 Å². The quantitative estimate of drug-likeness (QED) is 0.296. The van der Waals surface area contributed by atoms with E-state index < -0.39 is 19.9 Å². The zero-order valence-corrected chi connectivity index (χ0v) is 7.68. The number of rotatable bonds is 2. The first-order chi connectivity index (χ1) is 5.55. The first-order valence-corrected chi connectivity index (χ1v) is 4.50. The molecule has 0 saturated carbocycles. The molecule has 0 aromatic heterocycles.